The minimum absolute atomic E-state index is 0.324. The zero-order chi connectivity index (χ0) is 13.0. The van der Waals surface area contributed by atoms with E-state index >= 15 is 0 Å². The summed E-state index contributed by atoms with van der Waals surface area (Å²) >= 11 is 4.93. The number of rotatable bonds is 4. The predicted octanol–water partition coefficient (Wildman–Crippen LogP) is 2.35. The topological polar surface area (TPSA) is 42.2 Å². The third-order valence-corrected chi connectivity index (χ3v) is 2.91. The van der Waals surface area contributed by atoms with Crippen LogP contribution in [0.4, 0.5) is 5.69 Å². The fourth-order valence-electron chi connectivity index (χ4n) is 1.74. The Kier molecular flexibility index (Phi) is 3.89. The van der Waals surface area contributed by atoms with Crippen LogP contribution in [-0.2, 0) is 6.54 Å². The highest BCUT2D eigenvalue weighted by Gasteiger charge is 2.05. The van der Waals surface area contributed by atoms with Crippen molar-refractivity contribution in [3.05, 3.63) is 59.9 Å². The first-order valence-corrected chi connectivity index (χ1v) is 6.08. The first kappa shape index (κ1) is 12.5. The van der Waals surface area contributed by atoms with Gasteiger partial charge in [0.1, 0.15) is 4.99 Å². The molecule has 0 aliphatic rings. The van der Waals surface area contributed by atoms with Gasteiger partial charge >= 0.3 is 0 Å². The summed E-state index contributed by atoms with van der Waals surface area (Å²) in [6.45, 7) is 0.835. The second-order valence-corrected chi connectivity index (χ2v) is 4.55. The number of pyridine rings is 1. The molecule has 0 spiro atoms. The fraction of sp³-hybridized carbons (Fsp3) is 0.143. The van der Waals surface area contributed by atoms with Gasteiger partial charge in [0.05, 0.1) is 5.69 Å². The predicted molar refractivity (Wildman–Crippen MR) is 78.7 cm³/mol. The van der Waals surface area contributed by atoms with Crippen molar-refractivity contribution in [1.82, 2.24) is 4.98 Å². The molecule has 0 unspecified atom stereocenters. The van der Waals surface area contributed by atoms with E-state index in [-0.39, 0.29) is 0 Å². The molecular formula is C14H15N3S. The Morgan fingerprint density at radius 1 is 1.28 bits per heavy atom. The van der Waals surface area contributed by atoms with E-state index in [4.69, 9.17) is 18.0 Å². The van der Waals surface area contributed by atoms with Crippen LogP contribution >= 0.6 is 12.2 Å². The van der Waals surface area contributed by atoms with E-state index in [0.717, 1.165) is 12.2 Å². The molecule has 1 aromatic carbocycles. The quantitative estimate of drug-likeness (QED) is 0.854. The minimum atomic E-state index is 0.324. The molecule has 2 rings (SSSR count). The highest BCUT2D eigenvalue weighted by molar-refractivity contribution is 7.80. The Bertz CT molecular complexity index is 540. The number of thiocarbonyl (C=S) groups is 1. The second-order valence-electron chi connectivity index (χ2n) is 4.11. The monoisotopic (exact) mass is 257 g/mol. The molecule has 4 heteroatoms. The molecule has 0 radical (unpaired) electrons. The van der Waals surface area contributed by atoms with Crippen molar-refractivity contribution in [3.63, 3.8) is 0 Å². The molecule has 0 amide bonds. The van der Waals surface area contributed by atoms with E-state index in [1.165, 1.54) is 5.56 Å². The van der Waals surface area contributed by atoms with Crippen LogP contribution in [-0.4, -0.2) is 17.0 Å². The van der Waals surface area contributed by atoms with Gasteiger partial charge in [-0.2, -0.15) is 0 Å². The summed E-state index contributed by atoms with van der Waals surface area (Å²) in [5, 5.41) is 0. The van der Waals surface area contributed by atoms with Gasteiger partial charge < -0.3 is 10.6 Å². The summed E-state index contributed by atoms with van der Waals surface area (Å²) in [6, 6.07) is 14.2. The van der Waals surface area contributed by atoms with Crippen molar-refractivity contribution < 1.29 is 0 Å². The highest BCUT2D eigenvalue weighted by Crippen LogP contribution is 2.15. The average Bonchev–Trinajstić information content (AvgIpc) is 2.40. The average molecular weight is 257 g/mol. The van der Waals surface area contributed by atoms with Crippen LogP contribution < -0.4 is 10.6 Å². The van der Waals surface area contributed by atoms with Gasteiger partial charge in [-0.05, 0) is 17.7 Å². The maximum absolute atomic E-state index is 5.59. The van der Waals surface area contributed by atoms with E-state index in [2.05, 4.69) is 22.0 Å². The summed E-state index contributed by atoms with van der Waals surface area (Å²) < 4.78 is 0. The first-order chi connectivity index (χ1) is 8.66. The Morgan fingerprint density at radius 3 is 2.67 bits per heavy atom. The second kappa shape index (κ2) is 5.60. The molecule has 2 N–H and O–H groups in total. The molecule has 0 saturated heterocycles. The number of nitrogens with two attached hydrogens (primary N) is 1. The smallest absolute Gasteiger partial charge is 0.122 e. The summed E-state index contributed by atoms with van der Waals surface area (Å²) in [7, 11) is 2.03. The van der Waals surface area contributed by atoms with Gasteiger partial charge in [0.15, 0.2) is 0 Å². The van der Waals surface area contributed by atoms with Gasteiger partial charge in [-0.3, -0.25) is 4.98 Å². The van der Waals surface area contributed by atoms with E-state index in [0.29, 0.717) is 10.7 Å². The van der Waals surface area contributed by atoms with Crippen LogP contribution in [0.2, 0.25) is 0 Å². The Balaban J connectivity index is 2.16. The van der Waals surface area contributed by atoms with E-state index in [1.807, 2.05) is 37.4 Å². The maximum Gasteiger partial charge on any atom is 0.122 e. The van der Waals surface area contributed by atoms with E-state index < -0.39 is 0 Å². The van der Waals surface area contributed by atoms with Gasteiger partial charge in [0.25, 0.3) is 0 Å². The lowest BCUT2D eigenvalue weighted by atomic mass is 10.2. The van der Waals surface area contributed by atoms with E-state index in [9.17, 15) is 0 Å². The zero-order valence-corrected chi connectivity index (χ0v) is 11.0. The Morgan fingerprint density at radius 2 is 2.00 bits per heavy atom. The van der Waals surface area contributed by atoms with Crippen molar-refractivity contribution in [2.24, 2.45) is 5.73 Å². The molecule has 0 fully saturated rings. The largest absolute Gasteiger partial charge is 0.388 e. The molecule has 0 atom stereocenters. The standard InChI is InChI=1S/C14H15N3S/c1-17(10-11-5-3-2-4-6-11)12-7-8-16-13(9-12)14(15)18/h2-9H,10H2,1H3,(H2,15,18). The summed E-state index contributed by atoms with van der Waals surface area (Å²) in [4.78, 5) is 6.60. The van der Waals surface area contributed by atoms with Gasteiger partial charge in [-0.15, -0.1) is 0 Å². The van der Waals surface area contributed by atoms with Crippen LogP contribution in [0.3, 0.4) is 0 Å². The van der Waals surface area contributed by atoms with Crippen molar-refractivity contribution in [2.45, 2.75) is 6.54 Å². The van der Waals surface area contributed by atoms with Gasteiger partial charge in [-0.1, -0.05) is 42.5 Å². The number of hydrogen-bond donors (Lipinski definition) is 1. The minimum Gasteiger partial charge on any atom is -0.388 e. The van der Waals surface area contributed by atoms with Crippen molar-refractivity contribution >= 4 is 22.9 Å². The number of benzene rings is 1. The van der Waals surface area contributed by atoms with Crippen LogP contribution in [0.1, 0.15) is 11.3 Å². The van der Waals surface area contributed by atoms with Crippen LogP contribution in [0.15, 0.2) is 48.7 Å². The lowest BCUT2D eigenvalue weighted by molar-refractivity contribution is 0.920. The molecule has 3 nitrogen and oxygen atoms in total. The lowest BCUT2D eigenvalue weighted by Gasteiger charge is -2.19. The summed E-state index contributed by atoms with van der Waals surface area (Å²) in [5.41, 5.74) is 8.55. The normalized spacial score (nSPS) is 10.1. The Labute approximate surface area is 112 Å². The number of nitrogens with zero attached hydrogens (tertiary/aromatic N) is 2. The molecule has 2 aromatic rings. The molecule has 0 saturated carbocycles. The lowest BCUT2D eigenvalue weighted by Crippen LogP contribution is -2.18. The third-order valence-electron chi connectivity index (χ3n) is 2.70. The molecule has 0 aliphatic heterocycles. The Hall–Kier alpha value is -1.94. The zero-order valence-electron chi connectivity index (χ0n) is 10.2. The third kappa shape index (κ3) is 3.05. The molecule has 1 aromatic heterocycles. The number of hydrogen-bond acceptors (Lipinski definition) is 3. The van der Waals surface area contributed by atoms with Crippen molar-refractivity contribution in [2.75, 3.05) is 11.9 Å². The molecule has 0 bridgehead atoms. The van der Waals surface area contributed by atoms with Gasteiger partial charge in [0.2, 0.25) is 0 Å². The molecule has 18 heavy (non-hydrogen) atoms. The first-order valence-electron chi connectivity index (χ1n) is 5.68. The summed E-state index contributed by atoms with van der Waals surface area (Å²) in [6.07, 6.45) is 1.73. The van der Waals surface area contributed by atoms with Gasteiger partial charge in [0, 0.05) is 25.5 Å². The van der Waals surface area contributed by atoms with Crippen molar-refractivity contribution in [1.29, 1.82) is 0 Å². The number of aromatic nitrogens is 1. The maximum atomic E-state index is 5.59. The van der Waals surface area contributed by atoms with Gasteiger partial charge in [-0.25, -0.2) is 0 Å². The van der Waals surface area contributed by atoms with Crippen molar-refractivity contribution in [3.8, 4) is 0 Å². The molecular weight excluding hydrogens is 242 g/mol. The van der Waals surface area contributed by atoms with Crippen LogP contribution in [0.25, 0.3) is 0 Å². The SMILES string of the molecule is CN(Cc1ccccc1)c1ccnc(C(N)=S)c1. The van der Waals surface area contributed by atoms with Crippen LogP contribution in [0.5, 0.6) is 0 Å². The van der Waals surface area contributed by atoms with E-state index in [1.54, 1.807) is 6.20 Å². The number of anilines is 1. The molecule has 0 aliphatic carbocycles. The van der Waals surface area contributed by atoms with Crippen LogP contribution in [0, 0.1) is 0 Å². The fourth-order valence-corrected chi connectivity index (χ4v) is 1.85. The molecule has 1 heterocycles. The summed E-state index contributed by atoms with van der Waals surface area (Å²) in [5.74, 6) is 0. The molecule has 92 valence electrons. The highest BCUT2D eigenvalue weighted by atomic mass is 32.1.